The summed E-state index contributed by atoms with van der Waals surface area (Å²) >= 11 is 0. The lowest BCUT2D eigenvalue weighted by Gasteiger charge is -2.18. The molecule has 0 rings (SSSR count). The maximum Gasteiger partial charge on any atom is 0.235 e. The van der Waals surface area contributed by atoms with E-state index in [-0.39, 0.29) is 17.6 Å². The largest absolute Gasteiger partial charge is 0.342 e. The summed E-state index contributed by atoms with van der Waals surface area (Å²) in [5.41, 5.74) is 5.43. The average Bonchev–Trinajstić information content (AvgIpc) is 2.19. The first-order chi connectivity index (χ1) is 7.04. The fourth-order valence-corrected chi connectivity index (χ4v) is 2.60. The number of nitrogens with zero attached hydrogens (tertiary/aromatic N) is 1. The third kappa shape index (κ3) is 5.89. The van der Waals surface area contributed by atoms with Gasteiger partial charge in [-0.25, -0.2) is 0 Å². The highest BCUT2D eigenvalue weighted by Crippen LogP contribution is 1.98. The Morgan fingerprint density at radius 1 is 1.40 bits per heavy atom. The van der Waals surface area contributed by atoms with Gasteiger partial charge in [-0.1, -0.05) is 6.92 Å². The molecule has 0 aromatic rings. The molecular weight excluding hydrogens is 212 g/mol. The zero-order chi connectivity index (χ0) is 11.8. The Morgan fingerprint density at radius 2 is 1.93 bits per heavy atom. The van der Waals surface area contributed by atoms with E-state index < -0.39 is 10.8 Å². The minimum absolute atomic E-state index is 0.0254. The molecule has 0 heterocycles. The molecule has 5 heteroatoms. The molecule has 2 unspecified atom stereocenters. The molecule has 0 saturated heterocycles. The van der Waals surface area contributed by atoms with E-state index in [4.69, 9.17) is 5.73 Å². The van der Waals surface area contributed by atoms with Crippen molar-refractivity contribution in [3.8, 4) is 0 Å². The minimum Gasteiger partial charge on any atom is -0.342 e. The van der Waals surface area contributed by atoms with Crippen molar-refractivity contribution in [1.29, 1.82) is 0 Å². The fourth-order valence-electron chi connectivity index (χ4n) is 1.25. The van der Waals surface area contributed by atoms with Crippen molar-refractivity contribution in [2.75, 3.05) is 31.1 Å². The van der Waals surface area contributed by atoms with Crippen LogP contribution in [0, 0.1) is 5.92 Å². The average molecular weight is 234 g/mol. The molecule has 2 N–H and O–H groups in total. The van der Waals surface area contributed by atoms with Crippen LogP contribution in [-0.4, -0.2) is 46.2 Å². The van der Waals surface area contributed by atoms with Gasteiger partial charge in [0.1, 0.15) is 5.75 Å². The molecule has 0 aliphatic rings. The van der Waals surface area contributed by atoms with E-state index >= 15 is 0 Å². The molecule has 0 aromatic carbocycles. The van der Waals surface area contributed by atoms with Crippen LogP contribution < -0.4 is 5.73 Å². The zero-order valence-electron chi connectivity index (χ0n) is 9.86. The van der Waals surface area contributed by atoms with Gasteiger partial charge in [-0.3, -0.25) is 9.00 Å². The van der Waals surface area contributed by atoms with Crippen molar-refractivity contribution in [3.05, 3.63) is 0 Å². The number of hydrogen-bond donors (Lipinski definition) is 1. The molecule has 0 bridgehead atoms. The third-order valence-electron chi connectivity index (χ3n) is 2.27. The van der Waals surface area contributed by atoms with Gasteiger partial charge in [0.15, 0.2) is 0 Å². The predicted octanol–water partition coefficient (Wildman–Crippen LogP) is 0.198. The Balaban J connectivity index is 4.00. The molecule has 0 radical (unpaired) electrons. The molecule has 0 saturated carbocycles. The minimum atomic E-state index is -1.08. The van der Waals surface area contributed by atoms with Gasteiger partial charge in [0, 0.05) is 29.6 Å². The summed E-state index contributed by atoms with van der Waals surface area (Å²) < 4.78 is 11.6. The highest BCUT2D eigenvalue weighted by Gasteiger charge is 2.14. The second-order valence-electron chi connectivity index (χ2n) is 3.66. The van der Waals surface area contributed by atoms with Crippen LogP contribution in [0.4, 0.5) is 0 Å². The Kier molecular flexibility index (Phi) is 7.60. The Morgan fingerprint density at radius 3 is 2.33 bits per heavy atom. The van der Waals surface area contributed by atoms with Gasteiger partial charge >= 0.3 is 0 Å². The van der Waals surface area contributed by atoms with Gasteiger partial charge in [0.2, 0.25) is 5.91 Å². The van der Waals surface area contributed by atoms with Gasteiger partial charge in [0.25, 0.3) is 0 Å². The molecule has 0 spiro atoms. The summed E-state index contributed by atoms with van der Waals surface area (Å²) in [4.78, 5) is 13.3. The predicted molar refractivity (Wildman–Crippen MR) is 64.0 cm³/mol. The summed E-state index contributed by atoms with van der Waals surface area (Å²) in [7, 11) is -1.08. The maximum atomic E-state index is 11.6. The lowest BCUT2D eigenvalue weighted by atomic mass is 10.2. The van der Waals surface area contributed by atoms with Crippen molar-refractivity contribution >= 4 is 16.7 Å². The van der Waals surface area contributed by atoms with Crippen molar-refractivity contribution < 1.29 is 9.00 Å². The first-order valence-electron chi connectivity index (χ1n) is 5.37. The first kappa shape index (κ1) is 14.6. The van der Waals surface area contributed by atoms with Crippen LogP contribution in [0.3, 0.4) is 0 Å². The normalized spacial score (nSPS) is 14.7. The second-order valence-corrected chi connectivity index (χ2v) is 5.16. The Hall–Kier alpha value is -0.420. The fraction of sp³-hybridized carbons (Fsp3) is 0.900. The molecule has 0 aliphatic heterocycles. The van der Waals surface area contributed by atoms with Crippen LogP contribution in [0.5, 0.6) is 0 Å². The lowest BCUT2D eigenvalue weighted by Crippen LogP contribution is -2.35. The number of carbonyl (C=O) groups excluding carboxylic acids is 1. The lowest BCUT2D eigenvalue weighted by molar-refractivity contribution is -0.128. The molecule has 4 nitrogen and oxygen atoms in total. The topological polar surface area (TPSA) is 63.4 Å². The summed E-state index contributed by atoms with van der Waals surface area (Å²) in [6.45, 7) is 7.67. The highest BCUT2D eigenvalue weighted by atomic mass is 32.2. The van der Waals surface area contributed by atoms with Crippen LogP contribution in [0.2, 0.25) is 0 Å². The van der Waals surface area contributed by atoms with Crippen LogP contribution in [0.1, 0.15) is 20.8 Å². The highest BCUT2D eigenvalue weighted by molar-refractivity contribution is 7.85. The Labute approximate surface area is 94.7 Å². The van der Waals surface area contributed by atoms with E-state index in [9.17, 15) is 9.00 Å². The smallest absolute Gasteiger partial charge is 0.235 e. The number of carbonyl (C=O) groups is 1. The molecule has 15 heavy (non-hydrogen) atoms. The van der Waals surface area contributed by atoms with Crippen LogP contribution >= 0.6 is 0 Å². The SMILES string of the molecule is CCN(CC)C(=O)CS(=O)CC(C)CN. The molecule has 90 valence electrons. The summed E-state index contributed by atoms with van der Waals surface area (Å²) in [5, 5.41) is 0. The monoisotopic (exact) mass is 234 g/mol. The number of rotatable bonds is 7. The van der Waals surface area contributed by atoms with Gasteiger partial charge in [-0.15, -0.1) is 0 Å². The van der Waals surface area contributed by atoms with Gasteiger partial charge < -0.3 is 10.6 Å². The Bertz CT molecular complexity index is 217. The molecule has 1 amide bonds. The number of nitrogens with two attached hydrogens (primary N) is 1. The van der Waals surface area contributed by atoms with Gasteiger partial charge in [-0.05, 0) is 26.3 Å². The number of amides is 1. The quantitative estimate of drug-likeness (QED) is 0.684. The van der Waals surface area contributed by atoms with E-state index in [1.807, 2.05) is 20.8 Å². The van der Waals surface area contributed by atoms with Crippen molar-refractivity contribution in [2.45, 2.75) is 20.8 Å². The van der Waals surface area contributed by atoms with Gasteiger partial charge in [0.05, 0.1) is 0 Å². The molecule has 0 aromatic heterocycles. The second kappa shape index (κ2) is 7.82. The summed E-state index contributed by atoms with van der Waals surface area (Å²) in [5.74, 6) is 0.841. The molecule has 0 fully saturated rings. The third-order valence-corrected chi connectivity index (χ3v) is 3.78. The van der Waals surface area contributed by atoms with Crippen molar-refractivity contribution in [3.63, 3.8) is 0 Å². The zero-order valence-corrected chi connectivity index (χ0v) is 10.7. The summed E-state index contributed by atoms with van der Waals surface area (Å²) in [6.07, 6.45) is 0. The molecular formula is C10H22N2O2S. The maximum absolute atomic E-state index is 11.6. The summed E-state index contributed by atoms with van der Waals surface area (Å²) in [6, 6.07) is 0. The first-order valence-corrected chi connectivity index (χ1v) is 6.86. The van der Waals surface area contributed by atoms with E-state index in [1.165, 1.54) is 0 Å². The van der Waals surface area contributed by atoms with E-state index in [2.05, 4.69) is 0 Å². The van der Waals surface area contributed by atoms with Crippen LogP contribution in [0.15, 0.2) is 0 Å². The van der Waals surface area contributed by atoms with Gasteiger partial charge in [-0.2, -0.15) is 0 Å². The molecule has 0 aliphatic carbocycles. The van der Waals surface area contributed by atoms with E-state index in [1.54, 1.807) is 4.90 Å². The van der Waals surface area contributed by atoms with Crippen molar-refractivity contribution in [1.82, 2.24) is 4.90 Å². The van der Waals surface area contributed by atoms with E-state index in [0.29, 0.717) is 25.4 Å². The number of hydrogen-bond acceptors (Lipinski definition) is 3. The van der Waals surface area contributed by atoms with Crippen molar-refractivity contribution in [2.24, 2.45) is 11.7 Å². The van der Waals surface area contributed by atoms with Crippen LogP contribution in [0.25, 0.3) is 0 Å². The molecule has 2 atom stereocenters. The van der Waals surface area contributed by atoms with E-state index in [0.717, 1.165) is 0 Å². The van der Waals surface area contributed by atoms with Crippen LogP contribution in [-0.2, 0) is 15.6 Å². The standard InChI is InChI=1S/C10H22N2O2S/c1-4-12(5-2)10(13)8-15(14)7-9(3)6-11/h9H,4-8,11H2,1-3H3.